The highest BCUT2D eigenvalue weighted by molar-refractivity contribution is 5.30. The lowest BCUT2D eigenvalue weighted by atomic mass is 10.0. The molecule has 94 valence electrons. The first-order valence-electron chi connectivity index (χ1n) is 5.99. The van der Waals surface area contributed by atoms with Crippen molar-refractivity contribution in [1.82, 2.24) is 5.32 Å². The molecule has 17 heavy (non-hydrogen) atoms. The van der Waals surface area contributed by atoms with E-state index in [2.05, 4.69) is 17.0 Å². The molecule has 1 unspecified atom stereocenters. The quantitative estimate of drug-likeness (QED) is 0.824. The van der Waals surface area contributed by atoms with E-state index < -0.39 is 6.61 Å². The van der Waals surface area contributed by atoms with Crippen LogP contribution in [0, 0.1) is 5.92 Å². The molecule has 2 rings (SSSR count). The Kier molecular flexibility index (Phi) is 3.94. The van der Waals surface area contributed by atoms with E-state index in [1.54, 1.807) is 12.1 Å². The van der Waals surface area contributed by atoms with E-state index >= 15 is 0 Å². The minimum absolute atomic E-state index is 0.217. The summed E-state index contributed by atoms with van der Waals surface area (Å²) in [4.78, 5) is 0. The molecule has 1 atom stereocenters. The highest BCUT2D eigenvalue weighted by Gasteiger charge is 2.31. The monoisotopic (exact) mass is 241 g/mol. The van der Waals surface area contributed by atoms with E-state index in [9.17, 15) is 8.78 Å². The molecule has 0 amide bonds. The van der Waals surface area contributed by atoms with Gasteiger partial charge in [-0.15, -0.1) is 0 Å². The van der Waals surface area contributed by atoms with Crippen molar-refractivity contribution in [3.8, 4) is 5.75 Å². The van der Waals surface area contributed by atoms with Crippen LogP contribution in [0.1, 0.15) is 31.4 Å². The van der Waals surface area contributed by atoms with Crippen LogP contribution in [0.2, 0.25) is 0 Å². The summed E-state index contributed by atoms with van der Waals surface area (Å²) in [5.74, 6) is 0.909. The minimum atomic E-state index is -2.76. The summed E-state index contributed by atoms with van der Waals surface area (Å²) in [7, 11) is 0. The van der Waals surface area contributed by atoms with Gasteiger partial charge in [0, 0.05) is 6.04 Å². The summed E-state index contributed by atoms with van der Waals surface area (Å²) in [6.45, 7) is 0.231. The molecule has 1 saturated carbocycles. The molecule has 2 nitrogen and oxygen atoms in total. The Balaban J connectivity index is 2.04. The Hall–Kier alpha value is -1.16. The number of benzene rings is 1. The first kappa shape index (κ1) is 12.3. The molecule has 0 aliphatic heterocycles. The van der Waals surface area contributed by atoms with Crippen LogP contribution in [0.4, 0.5) is 8.78 Å². The van der Waals surface area contributed by atoms with Crippen molar-refractivity contribution >= 4 is 0 Å². The smallest absolute Gasteiger partial charge is 0.387 e. The minimum Gasteiger partial charge on any atom is -0.435 e. The normalized spacial score (nSPS) is 17.2. The van der Waals surface area contributed by atoms with Gasteiger partial charge in [-0.2, -0.15) is 8.78 Å². The van der Waals surface area contributed by atoms with Gasteiger partial charge in [0.25, 0.3) is 0 Å². The summed E-state index contributed by atoms with van der Waals surface area (Å²) >= 11 is 0. The largest absolute Gasteiger partial charge is 0.435 e. The molecule has 0 bridgehead atoms. The molecule has 0 saturated heterocycles. The fourth-order valence-corrected chi connectivity index (χ4v) is 2.06. The molecule has 1 aliphatic rings. The number of hydrogen-bond acceptors (Lipinski definition) is 2. The van der Waals surface area contributed by atoms with Crippen molar-refractivity contribution in [2.45, 2.75) is 32.4 Å². The third kappa shape index (κ3) is 3.40. The Labute approximate surface area is 100.0 Å². The Bertz CT molecular complexity index is 349. The van der Waals surface area contributed by atoms with Crippen LogP contribution in [0.5, 0.6) is 5.75 Å². The lowest BCUT2D eigenvalue weighted by molar-refractivity contribution is -0.0498. The van der Waals surface area contributed by atoms with Crippen LogP contribution in [0.15, 0.2) is 24.3 Å². The van der Waals surface area contributed by atoms with E-state index in [1.165, 1.54) is 12.8 Å². The van der Waals surface area contributed by atoms with Gasteiger partial charge in [0.15, 0.2) is 0 Å². The molecule has 1 fully saturated rings. The van der Waals surface area contributed by atoms with E-state index in [0.717, 1.165) is 12.1 Å². The van der Waals surface area contributed by atoms with E-state index in [4.69, 9.17) is 0 Å². The van der Waals surface area contributed by atoms with Gasteiger partial charge in [0.1, 0.15) is 5.75 Å². The predicted octanol–water partition coefficient (Wildman–Crippen LogP) is 3.35. The van der Waals surface area contributed by atoms with Crippen LogP contribution < -0.4 is 10.1 Å². The second-order valence-corrected chi connectivity index (χ2v) is 4.32. The van der Waals surface area contributed by atoms with Crippen LogP contribution in [0.3, 0.4) is 0 Å². The first-order valence-corrected chi connectivity index (χ1v) is 5.99. The number of nitrogens with one attached hydrogen (secondary N) is 1. The third-order valence-corrected chi connectivity index (χ3v) is 2.98. The zero-order valence-electron chi connectivity index (χ0n) is 9.83. The highest BCUT2D eigenvalue weighted by atomic mass is 19.3. The van der Waals surface area contributed by atoms with Crippen LogP contribution >= 0.6 is 0 Å². The van der Waals surface area contributed by atoms with Crippen LogP contribution in [0.25, 0.3) is 0 Å². The topological polar surface area (TPSA) is 21.3 Å². The summed E-state index contributed by atoms with van der Waals surface area (Å²) in [5, 5.41) is 3.43. The molecule has 0 heterocycles. The Morgan fingerprint density at radius 1 is 1.29 bits per heavy atom. The maximum Gasteiger partial charge on any atom is 0.387 e. The van der Waals surface area contributed by atoms with Crippen molar-refractivity contribution in [3.05, 3.63) is 29.8 Å². The third-order valence-electron chi connectivity index (χ3n) is 2.98. The maximum atomic E-state index is 12.0. The van der Waals surface area contributed by atoms with Crippen LogP contribution in [-0.2, 0) is 0 Å². The van der Waals surface area contributed by atoms with Gasteiger partial charge in [-0.25, -0.2) is 0 Å². The van der Waals surface area contributed by atoms with Crippen LogP contribution in [-0.4, -0.2) is 13.2 Å². The van der Waals surface area contributed by atoms with Gasteiger partial charge < -0.3 is 10.1 Å². The lowest BCUT2D eigenvalue weighted by Gasteiger charge is -2.18. The standard InChI is InChI=1S/C13H17F2NO/c1-2-16-12(9-3-4-9)10-5-7-11(8-6-10)17-13(14)15/h5-9,12-13,16H,2-4H2,1H3. The predicted molar refractivity (Wildman–Crippen MR) is 62.2 cm³/mol. The fourth-order valence-electron chi connectivity index (χ4n) is 2.06. The highest BCUT2D eigenvalue weighted by Crippen LogP contribution is 2.41. The molecular weight excluding hydrogens is 224 g/mol. The van der Waals surface area contributed by atoms with E-state index in [-0.39, 0.29) is 5.75 Å². The zero-order chi connectivity index (χ0) is 12.3. The Morgan fingerprint density at radius 2 is 1.94 bits per heavy atom. The summed E-state index contributed by atoms with van der Waals surface area (Å²) < 4.78 is 28.3. The average molecular weight is 241 g/mol. The van der Waals surface area contributed by atoms with Gasteiger partial charge in [0.05, 0.1) is 0 Å². The first-order chi connectivity index (χ1) is 8.20. The molecule has 1 aromatic rings. The van der Waals surface area contributed by atoms with Crippen molar-refractivity contribution in [2.75, 3.05) is 6.54 Å². The lowest BCUT2D eigenvalue weighted by Crippen LogP contribution is -2.22. The van der Waals surface area contributed by atoms with Gasteiger partial charge in [-0.05, 0) is 43.0 Å². The molecular formula is C13H17F2NO. The molecule has 0 aromatic heterocycles. The SMILES string of the molecule is CCNC(c1ccc(OC(F)F)cc1)C1CC1. The van der Waals surface area contributed by atoms with Gasteiger partial charge in [-0.3, -0.25) is 0 Å². The molecule has 1 N–H and O–H groups in total. The molecule has 1 aliphatic carbocycles. The number of alkyl halides is 2. The molecule has 4 heteroatoms. The maximum absolute atomic E-state index is 12.0. The van der Waals surface area contributed by atoms with Crippen molar-refractivity contribution in [3.63, 3.8) is 0 Å². The summed E-state index contributed by atoms with van der Waals surface area (Å²) in [6, 6.07) is 7.29. The second kappa shape index (κ2) is 5.45. The van der Waals surface area contributed by atoms with E-state index in [1.807, 2.05) is 12.1 Å². The molecule has 1 aromatic carbocycles. The van der Waals surface area contributed by atoms with Gasteiger partial charge in [-0.1, -0.05) is 19.1 Å². The number of halogens is 2. The number of ether oxygens (including phenoxy) is 1. The van der Waals surface area contributed by atoms with Gasteiger partial charge in [0.2, 0.25) is 0 Å². The van der Waals surface area contributed by atoms with E-state index in [0.29, 0.717) is 12.0 Å². The van der Waals surface area contributed by atoms with Gasteiger partial charge >= 0.3 is 6.61 Å². The van der Waals surface area contributed by atoms with Crippen molar-refractivity contribution < 1.29 is 13.5 Å². The van der Waals surface area contributed by atoms with Crippen molar-refractivity contribution in [2.24, 2.45) is 5.92 Å². The number of rotatable bonds is 6. The molecule has 0 radical (unpaired) electrons. The number of hydrogen-bond donors (Lipinski definition) is 1. The average Bonchev–Trinajstić information content (AvgIpc) is 3.10. The second-order valence-electron chi connectivity index (χ2n) is 4.32. The zero-order valence-corrected chi connectivity index (χ0v) is 9.83. The Morgan fingerprint density at radius 3 is 2.41 bits per heavy atom. The van der Waals surface area contributed by atoms with Crippen molar-refractivity contribution in [1.29, 1.82) is 0 Å². The summed E-state index contributed by atoms with van der Waals surface area (Å²) in [6.07, 6.45) is 2.49. The molecule has 0 spiro atoms. The summed E-state index contributed by atoms with van der Waals surface area (Å²) in [5.41, 5.74) is 1.15. The fraction of sp³-hybridized carbons (Fsp3) is 0.538.